The van der Waals surface area contributed by atoms with Gasteiger partial charge in [-0.3, -0.25) is 4.98 Å². The third kappa shape index (κ3) is 2.91. The number of pyridine rings is 1. The van der Waals surface area contributed by atoms with E-state index in [0.29, 0.717) is 6.04 Å². The maximum atomic E-state index is 4.46. The Morgan fingerprint density at radius 3 is 2.80 bits per heavy atom. The van der Waals surface area contributed by atoms with Crippen molar-refractivity contribution in [2.45, 2.75) is 44.7 Å². The summed E-state index contributed by atoms with van der Waals surface area (Å²) in [5.74, 6) is 0. The van der Waals surface area contributed by atoms with Crippen molar-refractivity contribution >= 4 is 0 Å². The smallest absolute Gasteiger partial charge is 0.0570 e. The lowest BCUT2D eigenvalue weighted by Crippen LogP contribution is -2.25. The third-order valence-corrected chi connectivity index (χ3v) is 4.20. The van der Waals surface area contributed by atoms with Crippen molar-refractivity contribution in [3.63, 3.8) is 0 Å². The lowest BCUT2D eigenvalue weighted by atomic mass is 9.98. The number of benzene rings is 1. The summed E-state index contributed by atoms with van der Waals surface area (Å²) in [4.78, 5) is 4.46. The van der Waals surface area contributed by atoms with Crippen molar-refractivity contribution < 1.29 is 0 Å². The average Bonchev–Trinajstić information content (AvgIpc) is 2.71. The Hall–Kier alpha value is -1.67. The van der Waals surface area contributed by atoms with Crippen LogP contribution in [0, 0.1) is 0 Å². The van der Waals surface area contributed by atoms with Gasteiger partial charge in [0.05, 0.1) is 5.69 Å². The molecule has 104 valence electrons. The standard InChI is InChI=1S/C18H22N2/c1-14(17-11-6-7-13-19-17)20-18-12-5-3-9-15-8-2-4-10-16(15)18/h2,4,6-8,10-11,13-14,18,20H,3,5,9,12H2,1H3. The molecule has 2 aromatic rings. The zero-order chi connectivity index (χ0) is 13.8. The first-order chi connectivity index (χ1) is 9.84. The number of nitrogens with one attached hydrogen (secondary N) is 1. The van der Waals surface area contributed by atoms with Crippen LogP contribution in [0.1, 0.15) is 55.1 Å². The second-order valence-corrected chi connectivity index (χ2v) is 5.64. The molecule has 0 fully saturated rings. The van der Waals surface area contributed by atoms with Crippen molar-refractivity contribution in [3.8, 4) is 0 Å². The van der Waals surface area contributed by atoms with E-state index in [9.17, 15) is 0 Å². The zero-order valence-electron chi connectivity index (χ0n) is 12.0. The highest BCUT2D eigenvalue weighted by atomic mass is 15.0. The Morgan fingerprint density at radius 1 is 1.10 bits per heavy atom. The number of aromatic nitrogens is 1. The first-order valence-electron chi connectivity index (χ1n) is 7.59. The average molecular weight is 266 g/mol. The number of fused-ring (bicyclic) bond motifs is 1. The van der Waals surface area contributed by atoms with E-state index in [0.717, 1.165) is 5.69 Å². The van der Waals surface area contributed by atoms with Gasteiger partial charge in [0.25, 0.3) is 0 Å². The minimum Gasteiger partial charge on any atom is -0.302 e. The van der Waals surface area contributed by atoms with Gasteiger partial charge in [0.1, 0.15) is 0 Å². The van der Waals surface area contributed by atoms with Gasteiger partial charge in [-0.25, -0.2) is 0 Å². The van der Waals surface area contributed by atoms with Crippen LogP contribution >= 0.6 is 0 Å². The molecule has 1 heterocycles. The van der Waals surface area contributed by atoms with Crippen LogP contribution in [0.5, 0.6) is 0 Å². The van der Waals surface area contributed by atoms with Crippen molar-refractivity contribution in [2.24, 2.45) is 0 Å². The van der Waals surface area contributed by atoms with E-state index in [1.807, 2.05) is 12.3 Å². The molecule has 1 aliphatic rings. The lowest BCUT2D eigenvalue weighted by molar-refractivity contribution is 0.432. The monoisotopic (exact) mass is 266 g/mol. The highest BCUT2D eigenvalue weighted by Gasteiger charge is 2.20. The van der Waals surface area contributed by atoms with E-state index in [-0.39, 0.29) is 6.04 Å². The van der Waals surface area contributed by atoms with Crippen LogP contribution in [0.2, 0.25) is 0 Å². The SMILES string of the molecule is CC(NC1CCCCc2ccccc21)c1ccccn1. The van der Waals surface area contributed by atoms with E-state index >= 15 is 0 Å². The minimum absolute atomic E-state index is 0.285. The molecular weight excluding hydrogens is 244 g/mol. The van der Waals surface area contributed by atoms with Crippen molar-refractivity contribution in [3.05, 3.63) is 65.5 Å². The third-order valence-electron chi connectivity index (χ3n) is 4.20. The van der Waals surface area contributed by atoms with Crippen LogP contribution in [-0.4, -0.2) is 4.98 Å². The van der Waals surface area contributed by atoms with E-state index in [1.165, 1.54) is 36.8 Å². The van der Waals surface area contributed by atoms with Crippen molar-refractivity contribution in [1.82, 2.24) is 10.3 Å². The van der Waals surface area contributed by atoms with E-state index in [4.69, 9.17) is 0 Å². The highest BCUT2D eigenvalue weighted by Crippen LogP contribution is 2.30. The minimum atomic E-state index is 0.285. The summed E-state index contributed by atoms with van der Waals surface area (Å²) < 4.78 is 0. The zero-order valence-corrected chi connectivity index (χ0v) is 12.0. The summed E-state index contributed by atoms with van der Waals surface area (Å²) in [5, 5.41) is 3.77. The molecule has 2 unspecified atom stereocenters. The van der Waals surface area contributed by atoms with Crippen LogP contribution in [-0.2, 0) is 6.42 Å². The quantitative estimate of drug-likeness (QED) is 0.842. The molecule has 2 atom stereocenters. The maximum absolute atomic E-state index is 4.46. The van der Waals surface area contributed by atoms with Crippen LogP contribution in [0.3, 0.4) is 0 Å². The topological polar surface area (TPSA) is 24.9 Å². The number of nitrogens with zero attached hydrogens (tertiary/aromatic N) is 1. The molecule has 20 heavy (non-hydrogen) atoms. The van der Waals surface area contributed by atoms with Gasteiger partial charge in [-0.15, -0.1) is 0 Å². The molecule has 0 radical (unpaired) electrons. The highest BCUT2D eigenvalue weighted by molar-refractivity contribution is 5.31. The molecule has 1 aromatic heterocycles. The van der Waals surface area contributed by atoms with Crippen LogP contribution in [0.25, 0.3) is 0 Å². The van der Waals surface area contributed by atoms with Gasteiger partial charge in [0.2, 0.25) is 0 Å². The van der Waals surface area contributed by atoms with Crippen molar-refractivity contribution in [1.29, 1.82) is 0 Å². The van der Waals surface area contributed by atoms with Gasteiger partial charge >= 0.3 is 0 Å². The molecule has 0 bridgehead atoms. The van der Waals surface area contributed by atoms with E-state index in [2.05, 4.69) is 53.6 Å². The number of hydrogen-bond donors (Lipinski definition) is 1. The normalized spacial score (nSPS) is 19.9. The van der Waals surface area contributed by atoms with Crippen LogP contribution in [0.15, 0.2) is 48.7 Å². The molecular formula is C18H22N2. The Kier molecular flexibility index (Phi) is 4.12. The maximum Gasteiger partial charge on any atom is 0.0570 e. The molecule has 0 amide bonds. The van der Waals surface area contributed by atoms with Gasteiger partial charge in [-0.1, -0.05) is 36.8 Å². The van der Waals surface area contributed by atoms with Crippen molar-refractivity contribution in [2.75, 3.05) is 0 Å². The second-order valence-electron chi connectivity index (χ2n) is 5.64. The number of rotatable bonds is 3. The second kappa shape index (κ2) is 6.19. The molecule has 1 aliphatic carbocycles. The Labute approximate surface area is 121 Å². The van der Waals surface area contributed by atoms with Gasteiger partial charge in [0.15, 0.2) is 0 Å². The largest absolute Gasteiger partial charge is 0.302 e. The van der Waals surface area contributed by atoms with E-state index in [1.54, 1.807) is 0 Å². The first kappa shape index (κ1) is 13.3. The lowest BCUT2D eigenvalue weighted by Gasteiger charge is -2.23. The Bertz CT molecular complexity index is 550. The van der Waals surface area contributed by atoms with Crippen LogP contribution < -0.4 is 5.32 Å². The Morgan fingerprint density at radius 2 is 1.95 bits per heavy atom. The van der Waals surface area contributed by atoms with Gasteiger partial charge in [-0.2, -0.15) is 0 Å². The number of aryl methyl sites for hydroxylation is 1. The number of hydrogen-bond acceptors (Lipinski definition) is 2. The summed E-state index contributed by atoms with van der Waals surface area (Å²) >= 11 is 0. The first-order valence-corrected chi connectivity index (χ1v) is 7.59. The summed E-state index contributed by atoms with van der Waals surface area (Å²) in [5.41, 5.74) is 4.11. The molecule has 1 N–H and O–H groups in total. The molecule has 1 aromatic carbocycles. The Balaban J connectivity index is 1.80. The fourth-order valence-electron chi connectivity index (χ4n) is 3.11. The van der Waals surface area contributed by atoms with Crippen LogP contribution in [0.4, 0.5) is 0 Å². The molecule has 0 saturated carbocycles. The molecule has 0 spiro atoms. The summed E-state index contributed by atoms with van der Waals surface area (Å²) in [6.07, 6.45) is 6.89. The summed E-state index contributed by atoms with van der Waals surface area (Å²) in [6.45, 7) is 2.20. The fraction of sp³-hybridized carbons (Fsp3) is 0.389. The predicted octanol–water partition coefficient (Wildman–Crippen LogP) is 4.20. The summed E-state index contributed by atoms with van der Waals surface area (Å²) in [7, 11) is 0. The molecule has 2 heteroatoms. The molecule has 0 saturated heterocycles. The molecule has 3 rings (SSSR count). The fourth-order valence-corrected chi connectivity index (χ4v) is 3.11. The van der Waals surface area contributed by atoms with E-state index < -0.39 is 0 Å². The van der Waals surface area contributed by atoms with Gasteiger partial charge < -0.3 is 5.32 Å². The molecule has 2 nitrogen and oxygen atoms in total. The predicted molar refractivity (Wildman–Crippen MR) is 82.5 cm³/mol. The molecule has 0 aliphatic heterocycles. The van der Waals surface area contributed by atoms with Gasteiger partial charge in [-0.05, 0) is 49.4 Å². The van der Waals surface area contributed by atoms with Gasteiger partial charge in [0, 0.05) is 18.3 Å². The summed E-state index contributed by atoms with van der Waals surface area (Å²) in [6, 6.07) is 15.7.